The van der Waals surface area contributed by atoms with Crippen molar-refractivity contribution < 1.29 is 27.5 Å². The van der Waals surface area contributed by atoms with Crippen molar-refractivity contribution >= 4 is 23.1 Å². The Balaban J connectivity index is 1.31. The first kappa shape index (κ1) is 26.3. The molecule has 1 aliphatic rings. The first-order chi connectivity index (χ1) is 17.8. The van der Waals surface area contributed by atoms with Gasteiger partial charge in [-0.3, -0.25) is 14.6 Å². The van der Waals surface area contributed by atoms with E-state index in [0.717, 1.165) is 11.6 Å². The number of nitrogens with one attached hydrogen (secondary N) is 2. The van der Waals surface area contributed by atoms with Crippen LogP contribution in [0.4, 0.5) is 24.5 Å². The van der Waals surface area contributed by atoms with Gasteiger partial charge in [0.25, 0.3) is 0 Å². The van der Waals surface area contributed by atoms with E-state index >= 15 is 0 Å². The summed E-state index contributed by atoms with van der Waals surface area (Å²) in [5, 5.41) is 5.76. The Bertz CT molecular complexity index is 1210. The summed E-state index contributed by atoms with van der Waals surface area (Å²) in [6.45, 7) is 1.03. The highest BCUT2D eigenvalue weighted by molar-refractivity contribution is 5.93. The van der Waals surface area contributed by atoms with E-state index in [2.05, 4.69) is 20.6 Å². The molecule has 1 atom stereocenters. The molecule has 0 bridgehead atoms. The molecule has 0 saturated carbocycles. The highest BCUT2D eigenvalue weighted by atomic mass is 19.4. The minimum absolute atomic E-state index is 0.0305. The lowest BCUT2D eigenvalue weighted by molar-refractivity contribution is -0.137. The quantitative estimate of drug-likeness (QED) is 0.358. The van der Waals surface area contributed by atoms with Gasteiger partial charge in [-0.15, -0.1) is 0 Å². The molecular formula is C27H27F3N4O3. The number of ketones is 1. The van der Waals surface area contributed by atoms with Crippen molar-refractivity contribution in [2.24, 2.45) is 5.41 Å². The fraction of sp³-hybridized carbons (Fsp3) is 0.333. The van der Waals surface area contributed by atoms with Crippen molar-refractivity contribution in [2.75, 3.05) is 18.5 Å². The molecule has 3 aromatic rings. The van der Waals surface area contributed by atoms with Gasteiger partial charge >= 0.3 is 6.18 Å². The lowest BCUT2D eigenvalue weighted by atomic mass is 9.80. The first-order valence-corrected chi connectivity index (χ1v) is 11.9. The van der Waals surface area contributed by atoms with Crippen molar-refractivity contribution in [2.45, 2.75) is 38.4 Å². The third-order valence-corrected chi connectivity index (χ3v) is 6.41. The van der Waals surface area contributed by atoms with Gasteiger partial charge in [-0.05, 0) is 49.1 Å². The number of anilines is 2. The van der Waals surface area contributed by atoms with E-state index in [-0.39, 0.29) is 30.3 Å². The van der Waals surface area contributed by atoms with Crippen LogP contribution in [0.1, 0.15) is 47.3 Å². The molecule has 2 aromatic carbocycles. The number of aromatic nitrogens is 2. The molecule has 1 aromatic heterocycles. The molecule has 10 heteroatoms. The van der Waals surface area contributed by atoms with Gasteiger partial charge in [0.05, 0.1) is 29.5 Å². The fourth-order valence-electron chi connectivity index (χ4n) is 4.33. The second-order valence-corrected chi connectivity index (χ2v) is 9.00. The Morgan fingerprint density at radius 2 is 1.84 bits per heavy atom. The summed E-state index contributed by atoms with van der Waals surface area (Å²) in [4.78, 5) is 33.4. The Morgan fingerprint density at radius 1 is 1.05 bits per heavy atom. The minimum atomic E-state index is -4.46. The maximum atomic E-state index is 13.2. The molecule has 1 amide bonds. The Labute approximate surface area is 212 Å². The summed E-state index contributed by atoms with van der Waals surface area (Å²) in [5.74, 6) is -0.257. The monoisotopic (exact) mass is 512 g/mol. The second-order valence-electron chi connectivity index (χ2n) is 9.00. The molecule has 0 radical (unpaired) electrons. The predicted molar refractivity (Wildman–Crippen MR) is 131 cm³/mol. The van der Waals surface area contributed by atoms with Crippen LogP contribution in [-0.4, -0.2) is 34.9 Å². The number of carbonyl (C=O) groups excluding carboxylic acids is 2. The van der Waals surface area contributed by atoms with E-state index in [1.54, 1.807) is 24.3 Å². The van der Waals surface area contributed by atoms with E-state index in [1.165, 1.54) is 36.8 Å². The number of nitrogens with zero attached hydrogens (tertiary/aromatic N) is 2. The largest absolute Gasteiger partial charge is 0.418 e. The number of ether oxygens (including phenoxy) is 1. The van der Waals surface area contributed by atoms with Gasteiger partial charge in [0.1, 0.15) is 5.69 Å². The SMILES string of the molecule is O=C(CCC[C@@]1(C(=O)NCc2ccc(Nc3ccccc3C(F)(F)F)cc2)CCOC1)c1cnccn1. The predicted octanol–water partition coefficient (Wildman–Crippen LogP) is 5.32. The average Bonchev–Trinajstić information content (AvgIpc) is 3.38. The van der Waals surface area contributed by atoms with E-state index in [9.17, 15) is 22.8 Å². The molecule has 0 unspecified atom stereocenters. The van der Waals surface area contributed by atoms with E-state index in [4.69, 9.17) is 4.74 Å². The number of Topliss-reactive ketones (excluding diaryl/α,β-unsaturated/α-hetero) is 1. The van der Waals surface area contributed by atoms with Gasteiger partial charge < -0.3 is 15.4 Å². The second kappa shape index (κ2) is 11.5. The number of rotatable bonds is 10. The van der Waals surface area contributed by atoms with Crippen LogP contribution in [0.25, 0.3) is 0 Å². The Kier molecular flexibility index (Phi) is 8.17. The summed E-state index contributed by atoms with van der Waals surface area (Å²) in [6, 6.07) is 12.1. The van der Waals surface area contributed by atoms with Gasteiger partial charge in [0.15, 0.2) is 5.78 Å². The van der Waals surface area contributed by atoms with Crippen LogP contribution in [-0.2, 0) is 22.3 Å². The number of hydrogen-bond acceptors (Lipinski definition) is 6. The number of halogens is 3. The first-order valence-electron chi connectivity index (χ1n) is 11.9. The summed E-state index contributed by atoms with van der Waals surface area (Å²) >= 11 is 0. The molecule has 0 aliphatic carbocycles. The molecule has 7 nitrogen and oxygen atoms in total. The van der Waals surface area contributed by atoms with Crippen molar-refractivity contribution in [3.05, 3.63) is 83.9 Å². The molecule has 2 N–H and O–H groups in total. The van der Waals surface area contributed by atoms with Crippen LogP contribution < -0.4 is 10.6 Å². The third kappa shape index (κ3) is 6.71. The smallest absolute Gasteiger partial charge is 0.380 e. The number of benzene rings is 2. The fourth-order valence-corrected chi connectivity index (χ4v) is 4.33. The molecule has 0 spiro atoms. The standard InChI is InChI=1S/C27H27F3N4O3/c28-27(29,30)21-4-1-2-5-22(21)34-20-9-7-19(8-10-20)16-33-25(36)26(12-15-37-18-26)11-3-6-24(35)23-17-31-13-14-32-23/h1-2,4-5,7-10,13-14,17,34H,3,6,11-12,15-16,18H2,(H,33,36)/t26-/m1/s1. The zero-order valence-electron chi connectivity index (χ0n) is 20.1. The molecule has 1 aliphatic heterocycles. The number of carbonyl (C=O) groups is 2. The molecule has 2 heterocycles. The number of alkyl halides is 3. The minimum Gasteiger partial charge on any atom is -0.380 e. The highest BCUT2D eigenvalue weighted by Gasteiger charge is 2.41. The Hall–Kier alpha value is -3.79. The third-order valence-electron chi connectivity index (χ3n) is 6.41. The topological polar surface area (TPSA) is 93.2 Å². The van der Waals surface area contributed by atoms with E-state index < -0.39 is 17.2 Å². The van der Waals surface area contributed by atoms with E-state index in [1.807, 2.05) is 0 Å². The summed E-state index contributed by atoms with van der Waals surface area (Å²) in [6.07, 6.45) is 1.80. The lowest BCUT2D eigenvalue weighted by Crippen LogP contribution is -2.41. The van der Waals surface area contributed by atoms with Crippen LogP contribution in [0.3, 0.4) is 0 Å². The Morgan fingerprint density at radius 3 is 2.51 bits per heavy atom. The molecule has 4 rings (SSSR count). The summed E-state index contributed by atoms with van der Waals surface area (Å²) in [7, 11) is 0. The van der Waals surface area contributed by atoms with E-state index in [0.29, 0.717) is 43.9 Å². The van der Waals surface area contributed by atoms with Gasteiger partial charge in [0.2, 0.25) is 5.91 Å². The van der Waals surface area contributed by atoms with Gasteiger partial charge in [-0.2, -0.15) is 13.2 Å². The maximum absolute atomic E-state index is 13.2. The molecule has 194 valence electrons. The molecule has 37 heavy (non-hydrogen) atoms. The van der Waals surface area contributed by atoms with Crippen molar-refractivity contribution in [3.63, 3.8) is 0 Å². The zero-order chi connectivity index (χ0) is 26.3. The van der Waals surface area contributed by atoms with Crippen LogP contribution in [0.2, 0.25) is 0 Å². The van der Waals surface area contributed by atoms with Gasteiger partial charge in [-0.25, -0.2) is 4.98 Å². The summed E-state index contributed by atoms with van der Waals surface area (Å²) < 4.78 is 45.2. The lowest BCUT2D eigenvalue weighted by Gasteiger charge is -2.26. The van der Waals surface area contributed by atoms with Gasteiger partial charge in [-0.1, -0.05) is 24.3 Å². The molecule has 1 fully saturated rings. The van der Waals surface area contributed by atoms with Crippen LogP contribution in [0, 0.1) is 5.41 Å². The van der Waals surface area contributed by atoms with Crippen molar-refractivity contribution in [1.29, 1.82) is 0 Å². The van der Waals surface area contributed by atoms with Crippen LogP contribution >= 0.6 is 0 Å². The highest BCUT2D eigenvalue weighted by Crippen LogP contribution is 2.36. The normalized spacial score (nSPS) is 17.4. The van der Waals surface area contributed by atoms with Crippen LogP contribution in [0.15, 0.2) is 67.1 Å². The number of para-hydroxylation sites is 1. The van der Waals surface area contributed by atoms with Gasteiger partial charge in [0, 0.05) is 37.7 Å². The maximum Gasteiger partial charge on any atom is 0.418 e. The zero-order valence-corrected chi connectivity index (χ0v) is 20.1. The van der Waals surface area contributed by atoms with Crippen molar-refractivity contribution in [3.8, 4) is 0 Å². The van der Waals surface area contributed by atoms with Crippen LogP contribution in [0.5, 0.6) is 0 Å². The molecular weight excluding hydrogens is 485 g/mol. The number of amides is 1. The average molecular weight is 513 g/mol. The van der Waals surface area contributed by atoms with Crippen molar-refractivity contribution in [1.82, 2.24) is 15.3 Å². The summed E-state index contributed by atoms with van der Waals surface area (Å²) in [5.41, 5.74) is 0.135. The number of hydrogen-bond donors (Lipinski definition) is 2. The molecule has 1 saturated heterocycles.